The predicted octanol–water partition coefficient (Wildman–Crippen LogP) is 4.70. The number of ether oxygens (including phenoxy) is 5. The number of carbonyl (C=O) groups is 1. The average Bonchev–Trinajstić information content (AvgIpc) is 2.74. The Bertz CT molecular complexity index is 998. The number of benzene rings is 1. The van der Waals surface area contributed by atoms with Crippen molar-refractivity contribution < 1.29 is 28.5 Å². The Labute approximate surface area is 182 Å². The summed E-state index contributed by atoms with van der Waals surface area (Å²) < 4.78 is 28.2. The Hall–Kier alpha value is -3.22. The normalized spacial score (nSPS) is 15.8. The second-order valence-corrected chi connectivity index (χ2v) is 7.91. The minimum absolute atomic E-state index is 0.291. The molecule has 0 saturated carbocycles. The lowest BCUT2D eigenvalue weighted by Gasteiger charge is -2.31. The summed E-state index contributed by atoms with van der Waals surface area (Å²) in [6.07, 6.45) is 3.32. The molecule has 0 amide bonds. The molecule has 31 heavy (non-hydrogen) atoms. The van der Waals surface area contributed by atoms with E-state index in [4.69, 9.17) is 23.7 Å². The summed E-state index contributed by atoms with van der Waals surface area (Å²) in [4.78, 5) is 16.6. The molecule has 0 radical (unpaired) electrons. The third-order valence-electron chi connectivity index (χ3n) is 5.20. The van der Waals surface area contributed by atoms with Crippen molar-refractivity contribution in [1.29, 1.82) is 0 Å². The van der Waals surface area contributed by atoms with Gasteiger partial charge >= 0.3 is 5.97 Å². The zero-order valence-corrected chi connectivity index (χ0v) is 19.0. The van der Waals surface area contributed by atoms with E-state index >= 15 is 0 Å². The molecule has 7 nitrogen and oxygen atoms in total. The van der Waals surface area contributed by atoms with Crippen LogP contribution in [0.4, 0.5) is 0 Å². The first kappa shape index (κ1) is 22.5. The van der Waals surface area contributed by atoms with Crippen LogP contribution in [0.25, 0.3) is 6.08 Å². The fraction of sp³-hybridized carbons (Fsp3) is 0.417. The number of nitrogens with zero attached hydrogens (tertiary/aromatic N) is 1. The van der Waals surface area contributed by atoms with Crippen LogP contribution in [0.2, 0.25) is 0 Å². The number of fused-ring (bicyclic) bond motifs is 1. The summed E-state index contributed by atoms with van der Waals surface area (Å²) in [5, 5.41) is 0. The number of hydrogen-bond acceptors (Lipinski definition) is 7. The molecule has 2 unspecified atom stereocenters. The van der Waals surface area contributed by atoms with E-state index in [9.17, 15) is 4.79 Å². The molecule has 166 valence electrons. The summed E-state index contributed by atoms with van der Waals surface area (Å²) >= 11 is 0. The van der Waals surface area contributed by atoms with Crippen LogP contribution in [0, 0.1) is 0 Å². The maximum Gasteiger partial charge on any atom is 0.303 e. The van der Waals surface area contributed by atoms with Gasteiger partial charge in [-0.05, 0) is 50.3 Å². The van der Waals surface area contributed by atoms with Gasteiger partial charge in [-0.15, -0.1) is 0 Å². The van der Waals surface area contributed by atoms with Crippen molar-refractivity contribution in [3.63, 3.8) is 0 Å². The highest BCUT2D eigenvalue weighted by Gasteiger charge is 2.32. The summed E-state index contributed by atoms with van der Waals surface area (Å²) in [5.41, 5.74) is 1.82. The predicted molar refractivity (Wildman–Crippen MR) is 117 cm³/mol. The number of aromatic nitrogens is 1. The fourth-order valence-electron chi connectivity index (χ4n) is 3.66. The average molecular weight is 427 g/mol. The lowest BCUT2D eigenvalue weighted by atomic mass is 9.90. The van der Waals surface area contributed by atoms with E-state index < -0.39 is 17.7 Å². The van der Waals surface area contributed by atoms with Gasteiger partial charge in [-0.25, -0.2) is 4.98 Å². The molecule has 0 aliphatic carbocycles. The van der Waals surface area contributed by atoms with Crippen molar-refractivity contribution >= 4 is 12.0 Å². The van der Waals surface area contributed by atoms with E-state index in [0.29, 0.717) is 28.8 Å². The van der Waals surface area contributed by atoms with Gasteiger partial charge in [-0.1, -0.05) is 6.92 Å². The van der Waals surface area contributed by atoms with Crippen molar-refractivity contribution in [1.82, 2.24) is 4.98 Å². The minimum Gasteiger partial charge on any atom is -0.496 e. The molecule has 1 aliphatic rings. The van der Waals surface area contributed by atoms with Crippen molar-refractivity contribution in [2.24, 2.45) is 0 Å². The molecule has 3 rings (SSSR count). The van der Waals surface area contributed by atoms with Gasteiger partial charge in [0.05, 0.1) is 32.6 Å². The second kappa shape index (κ2) is 8.88. The van der Waals surface area contributed by atoms with Crippen LogP contribution in [0.15, 0.2) is 30.3 Å². The Morgan fingerprint density at radius 1 is 1.06 bits per heavy atom. The summed E-state index contributed by atoms with van der Waals surface area (Å²) in [5.74, 6) is 1.52. The highest BCUT2D eigenvalue weighted by Crippen LogP contribution is 2.45. The van der Waals surface area contributed by atoms with Crippen LogP contribution in [0.5, 0.6) is 23.1 Å². The molecule has 0 fully saturated rings. The van der Waals surface area contributed by atoms with Crippen molar-refractivity contribution in [3.05, 3.63) is 47.2 Å². The largest absolute Gasteiger partial charge is 0.496 e. The van der Waals surface area contributed by atoms with E-state index in [-0.39, 0.29) is 5.92 Å². The maximum atomic E-state index is 12.0. The number of methoxy groups -OCH3 is 3. The Kier molecular flexibility index (Phi) is 6.43. The number of carbonyl (C=O) groups excluding carboxylic acids is 1. The summed E-state index contributed by atoms with van der Waals surface area (Å²) in [7, 11) is 4.68. The van der Waals surface area contributed by atoms with Crippen LogP contribution >= 0.6 is 0 Å². The molecule has 2 heterocycles. The lowest BCUT2D eigenvalue weighted by molar-refractivity contribution is -0.147. The Balaban J connectivity index is 2.09. The maximum absolute atomic E-state index is 12.0. The first-order valence-electron chi connectivity index (χ1n) is 10.1. The highest BCUT2D eigenvalue weighted by molar-refractivity contribution is 5.71. The van der Waals surface area contributed by atoms with Crippen molar-refractivity contribution in [3.8, 4) is 23.1 Å². The fourth-order valence-corrected chi connectivity index (χ4v) is 3.66. The van der Waals surface area contributed by atoms with Gasteiger partial charge in [-0.2, -0.15) is 0 Å². The molecule has 1 aromatic carbocycles. The topological polar surface area (TPSA) is 76.1 Å². The number of esters is 1. The van der Waals surface area contributed by atoms with Gasteiger partial charge in [-0.3, -0.25) is 4.79 Å². The van der Waals surface area contributed by atoms with Gasteiger partial charge in [0, 0.05) is 18.4 Å². The first-order valence-corrected chi connectivity index (χ1v) is 10.1. The monoisotopic (exact) mass is 427 g/mol. The number of pyridine rings is 1. The summed E-state index contributed by atoms with van der Waals surface area (Å²) in [6, 6.07) is 7.37. The smallest absolute Gasteiger partial charge is 0.303 e. The van der Waals surface area contributed by atoms with Gasteiger partial charge in [0.15, 0.2) is 5.75 Å². The standard InChI is InChI=1S/C24H29NO6/c1-14(18-9-11-20(27-5)23(25-18)29-7)21(30-15(2)26)17-8-10-19-16(22(17)28-6)12-13-24(3,4)31-19/h8-14,21H,1-7H3. The van der Waals surface area contributed by atoms with E-state index in [0.717, 1.165) is 11.1 Å². The van der Waals surface area contributed by atoms with Gasteiger partial charge in [0.25, 0.3) is 5.88 Å². The molecule has 2 aromatic rings. The molecular formula is C24H29NO6. The number of hydrogen-bond donors (Lipinski definition) is 0. The number of rotatable bonds is 7. The molecule has 0 saturated heterocycles. The van der Waals surface area contributed by atoms with E-state index in [1.807, 2.05) is 51.1 Å². The molecule has 0 N–H and O–H groups in total. The quantitative estimate of drug-likeness (QED) is 0.593. The second-order valence-electron chi connectivity index (χ2n) is 7.91. The highest BCUT2D eigenvalue weighted by atomic mass is 16.5. The van der Waals surface area contributed by atoms with Gasteiger partial charge in [0.1, 0.15) is 23.2 Å². The molecule has 1 aromatic heterocycles. The molecule has 0 spiro atoms. The summed E-state index contributed by atoms with van der Waals surface area (Å²) in [6.45, 7) is 7.30. The Morgan fingerprint density at radius 2 is 1.81 bits per heavy atom. The van der Waals surface area contributed by atoms with Crippen LogP contribution < -0.4 is 18.9 Å². The molecule has 0 bridgehead atoms. The SMILES string of the molecule is COc1ccc(C(C)C(OC(C)=O)c2ccc3c(c2OC)C=CC(C)(C)O3)nc1OC. The minimum atomic E-state index is -0.633. The van der Waals surface area contributed by atoms with Crippen LogP contribution in [-0.4, -0.2) is 37.9 Å². The van der Waals surface area contributed by atoms with E-state index in [2.05, 4.69) is 4.98 Å². The third-order valence-corrected chi connectivity index (χ3v) is 5.20. The van der Waals surface area contributed by atoms with Crippen LogP contribution in [-0.2, 0) is 9.53 Å². The van der Waals surface area contributed by atoms with Crippen molar-refractivity contribution in [2.75, 3.05) is 21.3 Å². The zero-order chi connectivity index (χ0) is 22.8. The van der Waals surface area contributed by atoms with Gasteiger partial charge in [0.2, 0.25) is 0 Å². The van der Waals surface area contributed by atoms with Crippen molar-refractivity contribution in [2.45, 2.75) is 45.3 Å². The van der Waals surface area contributed by atoms with Gasteiger partial charge < -0.3 is 23.7 Å². The molecule has 1 aliphatic heterocycles. The lowest BCUT2D eigenvalue weighted by Crippen LogP contribution is -2.28. The molecular weight excluding hydrogens is 398 g/mol. The van der Waals surface area contributed by atoms with E-state index in [1.54, 1.807) is 20.3 Å². The Morgan fingerprint density at radius 3 is 2.42 bits per heavy atom. The van der Waals surface area contributed by atoms with Crippen LogP contribution in [0.3, 0.4) is 0 Å². The van der Waals surface area contributed by atoms with E-state index in [1.165, 1.54) is 14.0 Å². The molecule has 7 heteroatoms. The first-order chi connectivity index (χ1) is 14.7. The molecule has 2 atom stereocenters. The zero-order valence-electron chi connectivity index (χ0n) is 19.0. The third kappa shape index (κ3) is 4.60. The van der Waals surface area contributed by atoms with Crippen LogP contribution in [0.1, 0.15) is 56.5 Å².